The number of nitrogens with zero attached hydrogens (tertiary/aromatic N) is 2. The fraction of sp³-hybridized carbons (Fsp3) is 0.400. The third kappa shape index (κ3) is 4.87. The fourth-order valence-electron chi connectivity index (χ4n) is 3.17. The quantitative estimate of drug-likeness (QED) is 0.883. The molecule has 1 unspecified atom stereocenters. The van der Waals surface area contributed by atoms with Crippen LogP contribution in [0.3, 0.4) is 0 Å². The van der Waals surface area contributed by atoms with E-state index in [2.05, 4.69) is 34.1 Å². The minimum absolute atomic E-state index is 0.263. The Bertz CT molecular complexity index is 609. The van der Waals surface area contributed by atoms with Gasteiger partial charge in [-0.2, -0.15) is 0 Å². The predicted octanol–water partition coefficient (Wildman–Crippen LogP) is 3.07. The summed E-state index contributed by atoms with van der Waals surface area (Å²) in [5.41, 5.74) is 2.15. The van der Waals surface area contributed by atoms with Gasteiger partial charge in [-0.25, -0.2) is 4.39 Å². The van der Waals surface area contributed by atoms with Gasteiger partial charge in [-0.15, -0.1) is 0 Å². The van der Waals surface area contributed by atoms with E-state index in [1.807, 2.05) is 6.07 Å². The Kier molecular flexibility index (Phi) is 5.96. The Hall–Kier alpha value is -1.75. The van der Waals surface area contributed by atoms with Crippen LogP contribution in [0.5, 0.6) is 0 Å². The molecular formula is C20H25FN2O. The second kappa shape index (κ2) is 8.38. The van der Waals surface area contributed by atoms with Gasteiger partial charge in [0.25, 0.3) is 0 Å². The van der Waals surface area contributed by atoms with Gasteiger partial charge in [-0.05, 0) is 29.7 Å². The minimum Gasteiger partial charge on any atom is -0.388 e. The van der Waals surface area contributed by atoms with Gasteiger partial charge in [0, 0.05) is 39.3 Å². The molecule has 0 aliphatic carbocycles. The van der Waals surface area contributed by atoms with Gasteiger partial charge in [-0.3, -0.25) is 4.90 Å². The largest absolute Gasteiger partial charge is 0.388 e. The van der Waals surface area contributed by atoms with Crippen molar-refractivity contribution in [1.29, 1.82) is 0 Å². The van der Waals surface area contributed by atoms with Crippen LogP contribution in [0.2, 0.25) is 0 Å². The molecule has 3 nitrogen and oxygen atoms in total. The zero-order valence-corrected chi connectivity index (χ0v) is 13.9. The smallest absolute Gasteiger partial charge is 0.123 e. The number of aliphatic hydroxyl groups is 1. The van der Waals surface area contributed by atoms with E-state index in [1.54, 1.807) is 12.1 Å². The first-order valence-electron chi connectivity index (χ1n) is 8.63. The predicted molar refractivity (Wildman–Crippen MR) is 94.1 cm³/mol. The summed E-state index contributed by atoms with van der Waals surface area (Å²) in [7, 11) is 0. The lowest BCUT2D eigenvalue weighted by Gasteiger charge is -2.35. The van der Waals surface area contributed by atoms with Crippen LogP contribution < -0.4 is 0 Å². The van der Waals surface area contributed by atoms with Crippen LogP contribution in [-0.2, 0) is 6.54 Å². The van der Waals surface area contributed by atoms with E-state index in [0.717, 1.165) is 44.8 Å². The van der Waals surface area contributed by atoms with Gasteiger partial charge in [0.05, 0.1) is 6.10 Å². The molecule has 1 N–H and O–H groups in total. The second-order valence-corrected chi connectivity index (χ2v) is 6.46. The summed E-state index contributed by atoms with van der Waals surface area (Å²) < 4.78 is 12.9. The van der Waals surface area contributed by atoms with Crippen LogP contribution in [0.15, 0.2) is 54.6 Å². The molecule has 0 aromatic heterocycles. The van der Waals surface area contributed by atoms with Gasteiger partial charge >= 0.3 is 0 Å². The average molecular weight is 328 g/mol. The Balaban J connectivity index is 1.40. The number of benzene rings is 2. The topological polar surface area (TPSA) is 26.7 Å². The summed E-state index contributed by atoms with van der Waals surface area (Å²) >= 11 is 0. The van der Waals surface area contributed by atoms with Crippen molar-refractivity contribution in [2.45, 2.75) is 19.1 Å². The standard InChI is InChI=1S/C20H25FN2O/c21-19-8-6-18(7-9-19)20(24)10-11-22-12-14-23(15-13-22)16-17-4-2-1-3-5-17/h1-9,20,24H,10-16H2. The van der Waals surface area contributed by atoms with Crippen LogP contribution >= 0.6 is 0 Å². The first kappa shape index (κ1) is 17.1. The molecule has 1 atom stereocenters. The van der Waals surface area contributed by atoms with Gasteiger partial charge in [0.1, 0.15) is 5.82 Å². The number of halogens is 1. The average Bonchev–Trinajstić information content (AvgIpc) is 2.62. The van der Waals surface area contributed by atoms with Crippen molar-refractivity contribution in [3.05, 3.63) is 71.5 Å². The highest BCUT2D eigenvalue weighted by molar-refractivity contribution is 5.18. The van der Waals surface area contributed by atoms with E-state index in [0.29, 0.717) is 6.42 Å². The van der Waals surface area contributed by atoms with Crippen LogP contribution in [0.1, 0.15) is 23.7 Å². The van der Waals surface area contributed by atoms with Crippen LogP contribution in [-0.4, -0.2) is 47.6 Å². The number of piperazine rings is 1. The van der Waals surface area contributed by atoms with E-state index < -0.39 is 6.10 Å². The monoisotopic (exact) mass is 328 g/mol. The molecule has 1 aliphatic heterocycles. The molecular weight excluding hydrogens is 303 g/mol. The van der Waals surface area contributed by atoms with Crippen molar-refractivity contribution in [3.8, 4) is 0 Å². The van der Waals surface area contributed by atoms with Crippen molar-refractivity contribution < 1.29 is 9.50 Å². The zero-order chi connectivity index (χ0) is 16.8. The highest BCUT2D eigenvalue weighted by atomic mass is 19.1. The van der Waals surface area contributed by atoms with Crippen molar-refractivity contribution in [2.24, 2.45) is 0 Å². The lowest BCUT2D eigenvalue weighted by atomic mass is 10.1. The second-order valence-electron chi connectivity index (χ2n) is 6.46. The van der Waals surface area contributed by atoms with Gasteiger partial charge in [0.2, 0.25) is 0 Å². The van der Waals surface area contributed by atoms with E-state index in [-0.39, 0.29) is 5.82 Å². The number of hydrogen-bond donors (Lipinski definition) is 1. The Labute approximate surface area is 143 Å². The van der Waals surface area contributed by atoms with Crippen molar-refractivity contribution in [2.75, 3.05) is 32.7 Å². The molecule has 0 bridgehead atoms. The first-order chi connectivity index (χ1) is 11.7. The third-order valence-corrected chi connectivity index (χ3v) is 4.69. The number of aliphatic hydroxyl groups excluding tert-OH is 1. The molecule has 4 heteroatoms. The van der Waals surface area contributed by atoms with E-state index in [9.17, 15) is 9.50 Å². The highest BCUT2D eigenvalue weighted by Gasteiger charge is 2.18. The molecule has 1 heterocycles. The summed E-state index contributed by atoms with van der Waals surface area (Å²) in [5.74, 6) is -0.263. The van der Waals surface area contributed by atoms with E-state index >= 15 is 0 Å². The summed E-state index contributed by atoms with van der Waals surface area (Å²) in [4.78, 5) is 4.87. The maximum absolute atomic E-state index is 12.9. The summed E-state index contributed by atoms with van der Waals surface area (Å²) in [5, 5.41) is 10.2. The summed E-state index contributed by atoms with van der Waals surface area (Å²) in [6, 6.07) is 16.7. The maximum atomic E-state index is 12.9. The number of hydrogen-bond acceptors (Lipinski definition) is 3. The van der Waals surface area contributed by atoms with Gasteiger partial charge in [0.15, 0.2) is 0 Å². The van der Waals surface area contributed by atoms with Gasteiger partial charge < -0.3 is 10.0 Å². The molecule has 1 saturated heterocycles. The minimum atomic E-state index is -0.520. The molecule has 128 valence electrons. The summed E-state index contributed by atoms with van der Waals surface area (Å²) in [6.45, 7) is 6.06. The van der Waals surface area contributed by atoms with Gasteiger partial charge in [-0.1, -0.05) is 42.5 Å². The molecule has 1 aliphatic rings. The van der Waals surface area contributed by atoms with Crippen molar-refractivity contribution >= 4 is 0 Å². The molecule has 1 fully saturated rings. The molecule has 0 radical (unpaired) electrons. The zero-order valence-electron chi connectivity index (χ0n) is 13.9. The molecule has 0 saturated carbocycles. The van der Waals surface area contributed by atoms with Crippen LogP contribution in [0.25, 0.3) is 0 Å². The van der Waals surface area contributed by atoms with Crippen molar-refractivity contribution in [3.63, 3.8) is 0 Å². The fourth-order valence-corrected chi connectivity index (χ4v) is 3.17. The normalized spacial score (nSPS) is 17.8. The molecule has 3 rings (SSSR count). The molecule has 2 aromatic rings. The van der Waals surface area contributed by atoms with Crippen LogP contribution in [0, 0.1) is 5.82 Å². The van der Waals surface area contributed by atoms with Crippen LogP contribution in [0.4, 0.5) is 4.39 Å². The lowest BCUT2D eigenvalue weighted by Crippen LogP contribution is -2.46. The SMILES string of the molecule is OC(CCN1CCN(Cc2ccccc2)CC1)c1ccc(F)cc1. The summed E-state index contributed by atoms with van der Waals surface area (Å²) in [6.07, 6.45) is 0.164. The Morgan fingerprint density at radius 2 is 1.50 bits per heavy atom. The Morgan fingerprint density at radius 1 is 0.875 bits per heavy atom. The maximum Gasteiger partial charge on any atom is 0.123 e. The van der Waals surface area contributed by atoms with E-state index in [4.69, 9.17) is 0 Å². The Morgan fingerprint density at radius 3 is 2.17 bits per heavy atom. The number of rotatable bonds is 6. The van der Waals surface area contributed by atoms with Crippen molar-refractivity contribution in [1.82, 2.24) is 9.80 Å². The molecule has 0 spiro atoms. The first-order valence-corrected chi connectivity index (χ1v) is 8.63. The molecule has 0 amide bonds. The molecule has 2 aromatic carbocycles. The molecule has 24 heavy (non-hydrogen) atoms. The van der Waals surface area contributed by atoms with E-state index in [1.165, 1.54) is 17.7 Å². The highest BCUT2D eigenvalue weighted by Crippen LogP contribution is 2.18. The lowest BCUT2D eigenvalue weighted by molar-refractivity contribution is 0.0993. The third-order valence-electron chi connectivity index (χ3n) is 4.69.